The normalized spacial score (nSPS) is 12.0. The molecular formula is C22H23NO6. The summed E-state index contributed by atoms with van der Waals surface area (Å²) < 4.78 is 10.1. The maximum absolute atomic E-state index is 12.3. The number of hydrogen-bond donors (Lipinski definition) is 1. The van der Waals surface area contributed by atoms with Crippen molar-refractivity contribution < 1.29 is 29.0 Å². The summed E-state index contributed by atoms with van der Waals surface area (Å²) in [4.78, 5) is 35.5. The van der Waals surface area contributed by atoms with Gasteiger partial charge >= 0.3 is 18.0 Å². The van der Waals surface area contributed by atoms with Crippen molar-refractivity contribution in [3.05, 3.63) is 59.7 Å². The van der Waals surface area contributed by atoms with E-state index in [1.807, 2.05) is 24.3 Å². The molecule has 1 N–H and O–H groups in total. The summed E-state index contributed by atoms with van der Waals surface area (Å²) in [6.07, 6.45) is -0.0706. The standard InChI is InChI=1S/C22H23NO6/c1-23(12-6-11-21(26)28-14-20(24)25)22(27)29-13-19-17-9-4-2-7-15(17)16-8-3-5-10-18(16)19/h2-5,7-10,19H,6,11-14H2,1H3,(H,24,25). The molecule has 29 heavy (non-hydrogen) atoms. The Morgan fingerprint density at radius 2 is 1.55 bits per heavy atom. The van der Waals surface area contributed by atoms with Crippen LogP contribution >= 0.6 is 0 Å². The van der Waals surface area contributed by atoms with Crippen molar-refractivity contribution in [2.75, 3.05) is 26.8 Å². The first-order chi connectivity index (χ1) is 14.0. The lowest BCUT2D eigenvalue weighted by atomic mass is 9.98. The van der Waals surface area contributed by atoms with Gasteiger partial charge in [-0.1, -0.05) is 48.5 Å². The van der Waals surface area contributed by atoms with Gasteiger partial charge in [0.05, 0.1) is 0 Å². The molecule has 0 spiro atoms. The number of ether oxygens (including phenoxy) is 2. The molecule has 1 aliphatic carbocycles. The number of aliphatic carboxylic acids is 1. The number of rotatable bonds is 8. The van der Waals surface area contributed by atoms with E-state index >= 15 is 0 Å². The zero-order chi connectivity index (χ0) is 20.8. The molecule has 0 atom stereocenters. The first kappa shape index (κ1) is 20.4. The minimum Gasteiger partial charge on any atom is -0.479 e. The maximum atomic E-state index is 12.3. The van der Waals surface area contributed by atoms with Gasteiger partial charge < -0.3 is 19.5 Å². The third-order valence-electron chi connectivity index (χ3n) is 4.88. The maximum Gasteiger partial charge on any atom is 0.409 e. The second-order valence-electron chi connectivity index (χ2n) is 6.88. The number of carboxylic acids is 1. The third-order valence-corrected chi connectivity index (χ3v) is 4.88. The van der Waals surface area contributed by atoms with E-state index in [1.54, 1.807) is 7.05 Å². The van der Waals surface area contributed by atoms with Crippen LogP contribution in [0.4, 0.5) is 4.79 Å². The molecule has 0 radical (unpaired) electrons. The molecule has 0 saturated heterocycles. The molecule has 1 aliphatic rings. The van der Waals surface area contributed by atoms with Crippen LogP contribution in [-0.4, -0.2) is 54.8 Å². The van der Waals surface area contributed by atoms with Crippen molar-refractivity contribution in [1.29, 1.82) is 0 Å². The first-order valence-electron chi connectivity index (χ1n) is 9.41. The van der Waals surface area contributed by atoms with Gasteiger partial charge in [0.15, 0.2) is 6.61 Å². The van der Waals surface area contributed by atoms with Crippen molar-refractivity contribution >= 4 is 18.0 Å². The summed E-state index contributed by atoms with van der Waals surface area (Å²) in [5.41, 5.74) is 4.62. The molecule has 0 fully saturated rings. The Morgan fingerprint density at radius 1 is 0.966 bits per heavy atom. The van der Waals surface area contributed by atoms with Gasteiger partial charge in [0.25, 0.3) is 0 Å². The van der Waals surface area contributed by atoms with Gasteiger partial charge in [-0.15, -0.1) is 0 Å². The van der Waals surface area contributed by atoms with Gasteiger partial charge in [0.1, 0.15) is 6.61 Å². The number of benzene rings is 2. The molecular weight excluding hydrogens is 374 g/mol. The van der Waals surface area contributed by atoms with Gasteiger partial charge in [-0.3, -0.25) is 4.79 Å². The summed E-state index contributed by atoms with van der Waals surface area (Å²) in [7, 11) is 1.60. The van der Waals surface area contributed by atoms with E-state index in [4.69, 9.17) is 9.84 Å². The van der Waals surface area contributed by atoms with Crippen LogP contribution in [0, 0.1) is 0 Å². The Labute approximate surface area is 168 Å². The fourth-order valence-electron chi connectivity index (χ4n) is 3.47. The molecule has 1 amide bonds. The Kier molecular flexibility index (Phi) is 6.49. The summed E-state index contributed by atoms with van der Waals surface area (Å²) in [5.74, 6) is -1.81. The molecule has 0 heterocycles. The summed E-state index contributed by atoms with van der Waals surface area (Å²) in [6, 6.07) is 16.2. The second-order valence-corrected chi connectivity index (χ2v) is 6.88. The van der Waals surface area contributed by atoms with Crippen LogP contribution in [0.1, 0.15) is 29.9 Å². The smallest absolute Gasteiger partial charge is 0.409 e. The highest BCUT2D eigenvalue weighted by Crippen LogP contribution is 2.44. The molecule has 0 aromatic heterocycles. The highest BCUT2D eigenvalue weighted by Gasteiger charge is 2.29. The van der Waals surface area contributed by atoms with Crippen molar-refractivity contribution in [3.8, 4) is 11.1 Å². The second kappa shape index (κ2) is 9.23. The van der Waals surface area contributed by atoms with Crippen molar-refractivity contribution in [1.82, 2.24) is 4.90 Å². The van der Waals surface area contributed by atoms with Crippen LogP contribution in [-0.2, 0) is 19.1 Å². The summed E-state index contributed by atoms with van der Waals surface area (Å²) >= 11 is 0. The van der Waals surface area contributed by atoms with Crippen LogP contribution in [0.25, 0.3) is 11.1 Å². The largest absolute Gasteiger partial charge is 0.479 e. The molecule has 0 saturated carbocycles. The Bertz CT molecular complexity index is 864. The average molecular weight is 397 g/mol. The van der Waals surface area contributed by atoms with Gasteiger partial charge in [0.2, 0.25) is 0 Å². The van der Waals surface area contributed by atoms with Crippen molar-refractivity contribution in [2.24, 2.45) is 0 Å². The van der Waals surface area contributed by atoms with Gasteiger partial charge in [0, 0.05) is 25.9 Å². The van der Waals surface area contributed by atoms with Crippen LogP contribution in [0.3, 0.4) is 0 Å². The lowest BCUT2D eigenvalue weighted by molar-refractivity contribution is -0.155. The van der Waals surface area contributed by atoms with E-state index in [9.17, 15) is 14.4 Å². The average Bonchev–Trinajstić information content (AvgIpc) is 3.04. The predicted octanol–water partition coefficient (Wildman–Crippen LogP) is 3.28. The fraction of sp³-hybridized carbons (Fsp3) is 0.318. The monoisotopic (exact) mass is 397 g/mol. The quantitative estimate of drug-likeness (QED) is 0.687. The number of carbonyl (C=O) groups is 3. The first-order valence-corrected chi connectivity index (χ1v) is 9.41. The van der Waals surface area contributed by atoms with Gasteiger partial charge in [-0.25, -0.2) is 9.59 Å². The Balaban J connectivity index is 1.50. The highest BCUT2D eigenvalue weighted by molar-refractivity contribution is 5.79. The number of hydrogen-bond acceptors (Lipinski definition) is 5. The van der Waals surface area contributed by atoms with Crippen LogP contribution < -0.4 is 0 Å². The van der Waals surface area contributed by atoms with E-state index in [0.29, 0.717) is 13.0 Å². The van der Waals surface area contributed by atoms with Crippen LogP contribution in [0.5, 0.6) is 0 Å². The minimum atomic E-state index is -1.20. The zero-order valence-corrected chi connectivity index (χ0v) is 16.2. The van der Waals surface area contributed by atoms with Gasteiger partial charge in [-0.05, 0) is 28.7 Å². The minimum absolute atomic E-state index is 0.00857. The van der Waals surface area contributed by atoms with E-state index in [1.165, 1.54) is 4.90 Å². The van der Waals surface area contributed by atoms with E-state index in [0.717, 1.165) is 22.3 Å². The number of nitrogens with zero attached hydrogens (tertiary/aromatic N) is 1. The SMILES string of the molecule is CN(CCCC(=O)OCC(=O)O)C(=O)OCC1c2ccccc2-c2ccccc21. The lowest BCUT2D eigenvalue weighted by Crippen LogP contribution is -2.30. The molecule has 0 aliphatic heterocycles. The highest BCUT2D eigenvalue weighted by atomic mass is 16.6. The predicted molar refractivity (Wildman–Crippen MR) is 106 cm³/mol. The molecule has 152 valence electrons. The molecule has 7 heteroatoms. The fourth-order valence-corrected chi connectivity index (χ4v) is 3.47. The molecule has 7 nitrogen and oxygen atoms in total. The Morgan fingerprint density at radius 3 is 2.14 bits per heavy atom. The number of amides is 1. The van der Waals surface area contributed by atoms with E-state index < -0.39 is 24.6 Å². The lowest BCUT2D eigenvalue weighted by Gasteiger charge is -2.19. The van der Waals surface area contributed by atoms with E-state index in [-0.39, 0.29) is 18.9 Å². The van der Waals surface area contributed by atoms with E-state index in [2.05, 4.69) is 29.0 Å². The third kappa shape index (κ3) is 4.93. The number of carboxylic acid groups (broad SMARTS) is 1. The summed E-state index contributed by atoms with van der Waals surface area (Å²) in [6.45, 7) is -0.113. The number of carbonyl (C=O) groups excluding carboxylic acids is 2. The number of esters is 1. The van der Waals surface area contributed by atoms with Crippen LogP contribution in [0.15, 0.2) is 48.5 Å². The van der Waals surface area contributed by atoms with Crippen molar-refractivity contribution in [2.45, 2.75) is 18.8 Å². The molecule has 2 aromatic carbocycles. The summed E-state index contributed by atoms with van der Waals surface area (Å²) in [5, 5.41) is 8.47. The Hall–Kier alpha value is -3.35. The van der Waals surface area contributed by atoms with Crippen molar-refractivity contribution in [3.63, 3.8) is 0 Å². The molecule has 0 unspecified atom stereocenters. The number of fused-ring (bicyclic) bond motifs is 3. The topological polar surface area (TPSA) is 93.1 Å². The molecule has 0 bridgehead atoms. The molecule has 3 rings (SSSR count). The zero-order valence-electron chi connectivity index (χ0n) is 16.2. The van der Waals surface area contributed by atoms with Crippen LogP contribution in [0.2, 0.25) is 0 Å². The van der Waals surface area contributed by atoms with Gasteiger partial charge in [-0.2, -0.15) is 0 Å². The molecule has 2 aromatic rings.